The van der Waals surface area contributed by atoms with Gasteiger partial charge in [-0.25, -0.2) is 9.97 Å². The molecular weight excluding hydrogens is 310 g/mol. The van der Waals surface area contributed by atoms with Crippen LogP contribution >= 0.6 is 11.6 Å². The number of hydrogen-bond donors (Lipinski definition) is 1. The molecule has 3 rings (SSSR count). The van der Waals surface area contributed by atoms with Gasteiger partial charge in [-0.1, -0.05) is 43.1 Å². The van der Waals surface area contributed by atoms with Gasteiger partial charge in [0.2, 0.25) is 5.95 Å². The predicted octanol–water partition coefficient (Wildman–Crippen LogP) is 4.25. The van der Waals surface area contributed by atoms with Crippen LogP contribution in [0.15, 0.2) is 30.5 Å². The minimum absolute atomic E-state index is 0.0853. The van der Waals surface area contributed by atoms with Gasteiger partial charge < -0.3 is 5.32 Å². The van der Waals surface area contributed by atoms with Gasteiger partial charge in [-0.2, -0.15) is 0 Å². The highest BCUT2D eigenvalue weighted by atomic mass is 35.5. The summed E-state index contributed by atoms with van der Waals surface area (Å²) in [6.45, 7) is 2.99. The van der Waals surface area contributed by atoms with Gasteiger partial charge in [0.15, 0.2) is 5.78 Å². The van der Waals surface area contributed by atoms with E-state index in [1.807, 2.05) is 24.3 Å². The minimum Gasteiger partial charge on any atom is -0.354 e. The second-order valence-electron chi connectivity index (χ2n) is 5.88. The summed E-state index contributed by atoms with van der Waals surface area (Å²) in [5, 5.41) is 3.93. The van der Waals surface area contributed by atoms with E-state index in [4.69, 9.17) is 11.6 Å². The lowest BCUT2D eigenvalue weighted by Gasteiger charge is -2.24. The van der Waals surface area contributed by atoms with Gasteiger partial charge in [0, 0.05) is 24.2 Å². The summed E-state index contributed by atoms with van der Waals surface area (Å²) in [6.07, 6.45) is 5.02. The highest BCUT2D eigenvalue weighted by Gasteiger charge is 2.29. The normalized spacial score (nSPS) is 17.0. The first-order chi connectivity index (χ1) is 11.2. The van der Waals surface area contributed by atoms with E-state index in [-0.39, 0.29) is 11.7 Å². The number of rotatable bonds is 5. The van der Waals surface area contributed by atoms with E-state index in [1.165, 1.54) is 0 Å². The molecule has 2 aromatic rings. The number of nitrogens with one attached hydrogen (secondary N) is 1. The van der Waals surface area contributed by atoms with Crippen LogP contribution in [0.25, 0.3) is 0 Å². The molecule has 0 amide bonds. The molecule has 1 aromatic carbocycles. The van der Waals surface area contributed by atoms with Crippen LogP contribution in [0.1, 0.15) is 53.7 Å². The molecule has 23 heavy (non-hydrogen) atoms. The number of fused-ring (bicyclic) bond motifs is 1. The number of ketones is 1. The maximum absolute atomic E-state index is 12.4. The van der Waals surface area contributed by atoms with Crippen LogP contribution in [0.3, 0.4) is 0 Å². The molecule has 4 nitrogen and oxygen atoms in total. The first-order valence-electron chi connectivity index (χ1n) is 8.06. The lowest BCUT2D eigenvalue weighted by atomic mass is 9.82. The van der Waals surface area contributed by atoms with Crippen molar-refractivity contribution < 1.29 is 4.79 Å². The fourth-order valence-corrected chi connectivity index (χ4v) is 3.22. The predicted molar refractivity (Wildman–Crippen MR) is 92.3 cm³/mol. The lowest BCUT2D eigenvalue weighted by molar-refractivity contribution is 0.0963. The second kappa shape index (κ2) is 7.09. The van der Waals surface area contributed by atoms with Gasteiger partial charge >= 0.3 is 0 Å². The molecule has 1 aliphatic rings. The average Bonchev–Trinajstić information content (AvgIpc) is 2.55. The molecule has 1 aromatic heterocycles. The van der Waals surface area contributed by atoms with Gasteiger partial charge in [-0.15, -0.1) is 0 Å². The third-order valence-electron chi connectivity index (χ3n) is 4.20. The molecule has 0 saturated carbocycles. The van der Waals surface area contributed by atoms with E-state index in [0.29, 0.717) is 23.0 Å². The molecule has 0 spiro atoms. The molecule has 0 fully saturated rings. The van der Waals surface area contributed by atoms with Crippen LogP contribution in [0, 0.1) is 0 Å². The Morgan fingerprint density at radius 2 is 2.13 bits per heavy atom. The summed E-state index contributed by atoms with van der Waals surface area (Å²) in [7, 11) is 0. The SMILES string of the molecule is CCCCNc1ncc2c(n1)C[C@@H](c1ccccc1Cl)CC2=O. The minimum atomic E-state index is 0.0853. The summed E-state index contributed by atoms with van der Waals surface area (Å²) in [4.78, 5) is 21.2. The number of carbonyl (C=O) groups is 1. The topological polar surface area (TPSA) is 54.9 Å². The summed E-state index contributed by atoms with van der Waals surface area (Å²) in [5.41, 5.74) is 2.49. The number of anilines is 1. The lowest BCUT2D eigenvalue weighted by Crippen LogP contribution is -2.21. The van der Waals surface area contributed by atoms with Crippen molar-refractivity contribution in [1.29, 1.82) is 0 Å². The summed E-state index contributed by atoms with van der Waals surface area (Å²) in [6, 6.07) is 7.72. The van der Waals surface area contributed by atoms with Crippen LogP contribution in [0.5, 0.6) is 0 Å². The first kappa shape index (κ1) is 15.9. The standard InChI is InChI=1S/C18H20ClN3O/c1-2-3-8-20-18-21-11-14-16(22-18)9-12(10-17(14)23)13-6-4-5-7-15(13)19/h4-7,11-12H,2-3,8-10H2,1H3,(H,20,21,22)/t12-/m1/s1. The number of benzene rings is 1. The van der Waals surface area contributed by atoms with Crippen molar-refractivity contribution >= 4 is 23.3 Å². The number of hydrogen-bond acceptors (Lipinski definition) is 4. The van der Waals surface area contributed by atoms with Crippen molar-refractivity contribution in [3.8, 4) is 0 Å². The molecule has 0 saturated heterocycles. The molecule has 120 valence electrons. The number of Topliss-reactive ketones (excluding diaryl/α,β-unsaturated/α-hetero) is 1. The smallest absolute Gasteiger partial charge is 0.222 e. The van der Waals surface area contributed by atoms with E-state index in [0.717, 1.165) is 37.1 Å². The Labute approximate surface area is 141 Å². The highest BCUT2D eigenvalue weighted by molar-refractivity contribution is 6.31. The molecule has 0 bridgehead atoms. The summed E-state index contributed by atoms with van der Waals surface area (Å²) < 4.78 is 0. The molecule has 1 N–H and O–H groups in total. The Morgan fingerprint density at radius 3 is 2.91 bits per heavy atom. The van der Waals surface area contributed by atoms with Crippen molar-refractivity contribution in [2.75, 3.05) is 11.9 Å². The molecule has 0 unspecified atom stereocenters. The van der Waals surface area contributed by atoms with E-state index in [9.17, 15) is 4.79 Å². The number of unbranched alkanes of at least 4 members (excludes halogenated alkanes) is 1. The Morgan fingerprint density at radius 1 is 1.30 bits per heavy atom. The van der Waals surface area contributed by atoms with Crippen molar-refractivity contribution in [2.45, 2.75) is 38.5 Å². The summed E-state index contributed by atoms with van der Waals surface area (Å²) >= 11 is 6.29. The number of aromatic nitrogens is 2. The van der Waals surface area contributed by atoms with Crippen molar-refractivity contribution in [3.05, 3.63) is 52.3 Å². The third-order valence-corrected chi connectivity index (χ3v) is 4.54. The zero-order chi connectivity index (χ0) is 16.2. The maximum atomic E-state index is 12.4. The van der Waals surface area contributed by atoms with E-state index in [2.05, 4.69) is 22.2 Å². The van der Waals surface area contributed by atoms with E-state index in [1.54, 1.807) is 6.20 Å². The van der Waals surface area contributed by atoms with Gasteiger partial charge in [-0.05, 0) is 30.4 Å². The zero-order valence-corrected chi connectivity index (χ0v) is 13.9. The van der Waals surface area contributed by atoms with Gasteiger partial charge in [0.05, 0.1) is 11.3 Å². The van der Waals surface area contributed by atoms with Crippen molar-refractivity contribution in [3.63, 3.8) is 0 Å². The Hall–Kier alpha value is -1.94. The van der Waals surface area contributed by atoms with Crippen LogP contribution in [0.4, 0.5) is 5.95 Å². The Bertz CT molecular complexity index is 717. The molecule has 5 heteroatoms. The largest absolute Gasteiger partial charge is 0.354 e. The van der Waals surface area contributed by atoms with E-state index < -0.39 is 0 Å². The van der Waals surface area contributed by atoms with Crippen LogP contribution in [0.2, 0.25) is 5.02 Å². The summed E-state index contributed by atoms with van der Waals surface area (Å²) in [5.74, 6) is 0.781. The van der Waals surface area contributed by atoms with Gasteiger partial charge in [0.25, 0.3) is 0 Å². The number of halogens is 1. The number of carbonyl (C=O) groups excluding carboxylic acids is 1. The molecular formula is C18H20ClN3O. The van der Waals surface area contributed by atoms with Gasteiger partial charge in [0.1, 0.15) is 0 Å². The van der Waals surface area contributed by atoms with Crippen LogP contribution in [-0.4, -0.2) is 22.3 Å². The Balaban J connectivity index is 1.84. The highest BCUT2D eigenvalue weighted by Crippen LogP contribution is 2.35. The monoisotopic (exact) mass is 329 g/mol. The molecule has 0 aliphatic heterocycles. The Kier molecular flexibility index (Phi) is 4.91. The van der Waals surface area contributed by atoms with Crippen molar-refractivity contribution in [1.82, 2.24) is 9.97 Å². The second-order valence-corrected chi connectivity index (χ2v) is 6.29. The van der Waals surface area contributed by atoms with Crippen LogP contribution < -0.4 is 5.32 Å². The molecule has 1 aliphatic carbocycles. The van der Waals surface area contributed by atoms with Gasteiger partial charge in [-0.3, -0.25) is 4.79 Å². The zero-order valence-electron chi connectivity index (χ0n) is 13.2. The van der Waals surface area contributed by atoms with Crippen LogP contribution in [-0.2, 0) is 6.42 Å². The molecule has 1 atom stereocenters. The van der Waals surface area contributed by atoms with E-state index >= 15 is 0 Å². The first-order valence-corrected chi connectivity index (χ1v) is 8.44. The fraction of sp³-hybridized carbons (Fsp3) is 0.389. The molecule has 0 radical (unpaired) electrons. The fourth-order valence-electron chi connectivity index (χ4n) is 2.93. The quantitative estimate of drug-likeness (QED) is 0.833. The molecule has 1 heterocycles. The average molecular weight is 330 g/mol. The maximum Gasteiger partial charge on any atom is 0.222 e. The third kappa shape index (κ3) is 3.53. The number of nitrogens with zero attached hydrogens (tertiary/aromatic N) is 2. The van der Waals surface area contributed by atoms with Crippen molar-refractivity contribution in [2.24, 2.45) is 0 Å².